The van der Waals surface area contributed by atoms with Gasteiger partial charge in [-0.25, -0.2) is 9.97 Å². The molecule has 0 fully saturated rings. The molecule has 2 aromatic heterocycles. The summed E-state index contributed by atoms with van der Waals surface area (Å²) < 4.78 is 0. The SMILES string of the molecule is c1cncc(-c2ccc(-c3cc(-c4ccc5c6ccccc6c6ccccc6c6ccccc6c6ccccc6c5c4)nc(-c4ccc(-c5cccc6ccccc56)cc4)n3)cc2)c1. The summed E-state index contributed by atoms with van der Waals surface area (Å²) in [6, 6.07) is 80.7. The number of hydrogen-bond acceptors (Lipinski definition) is 3. The number of aromatic nitrogens is 3. The molecule has 3 heteroatoms. The van der Waals surface area contributed by atoms with Crippen molar-refractivity contribution in [1.82, 2.24) is 15.0 Å². The lowest BCUT2D eigenvalue weighted by molar-refractivity contribution is 1.18. The minimum Gasteiger partial charge on any atom is -0.264 e. The van der Waals surface area contributed by atoms with Crippen molar-refractivity contribution in [3.63, 3.8) is 0 Å². The number of nitrogens with zero attached hydrogens (tertiary/aromatic N) is 3. The molecular formula is C61H39N3. The molecule has 12 aromatic rings. The van der Waals surface area contributed by atoms with E-state index in [1.54, 1.807) is 6.20 Å². The highest BCUT2D eigenvalue weighted by Gasteiger charge is 2.15. The van der Waals surface area contributed by atoms with E-state index in [1.165, 1.54) is 64.8 Å². The second kappa shape index (κ2) is 15.7. The summed E-state index contributed by atoms with van der Waals surface area (Å²) in [5.41, 5.74) is 9.22. The molecule has 0 radical (unpaired) electrons. The van der Waals surface area contributed by atoms with Gasteiger partial charge in [0.15, 0.2) is 5.82 Å². The molecule has 12 rings (SSSR count). The average Bonchev–Trinajstić information content (AvgIpc) is 3.38. The van der Waals surface area contributed by atoms with E-state index in [0.29, 0.717) is 5.82 Å². The average molecular weight is 814 g/mol. The molecule has 0 atom stereocenters. The number of rotatable bonds is 5. The number of pyridine rings is 1. The Kier molecular flexibility index (Phi) is 9.16. The predicted molar refractivity (Wildman–Crippen MR) is 270 cm³/mol. The maximum Gasteiger partial charge on any atom is 0.160 e. The normalized spacial score (nSPS) is 11.4. The molecule has 10 aromatic carbocycles. The highest BCUT2D eigenvalue weighted by Crippen LogP contribution is 2.38. The summed E-state index contributed by atoms with van der Waals surface area (Å²) in [6.07, 6.45) is 3.70. The molecule has 0 bridgehead atoms. The quantitative estimate of drug-likeness (QED) is 0.174. The van der Waals surface area contributed by atoms with Crippen molar-refractivity contribution >= 4 is 64.6 Å². The zero-order valence-corrected chi connectivity index (χ0v) is 34.9. The van der Waals surface area contributed by atoms with Crippen molar-refractivity contribution in [2.45, 2.75) is 0 Å². The van der Waals surface area contributed by atoms with E-state index in [1.807, 2.05) is 12.3 Å². The van der Waals surface area contributed by atoms with Gasteiger partial charge in [-0.3, -0.25) is 4.98 Å². The van der Waals surface area contributed by atoms with E-state index in [9.17, 15) is 0 Å². The summed E-state index contributed by atoms with van der Waals surface area (Å²) >= 11 is 0. The Morgan fingerprint density at radius 2 is 0.688 bits per heavy atom. The first-order valence-electron chi connectivity index (χ1n) is 21.7. The zero-order chi connectivity index (χ0) is 42.4. The van der Waals surface area contributed by atoms with Crippen molar-refractivity contribution < 1.29 is 0 Å². The highest BCUT2D eigenvalue weighted by molar-refractivity contribution is 6.26. The summed E-state index contributed by atoms with van der Waals surface area (Å²) in [5, 5.41) is 14.4. The Bertz CT molecular complexity index is 3740. The summed E-state index contributed by atoms with van der Waals surface area (Å²) in [4.78, 5) is 15.0. The Morgan fingerprint density at radius 3 is 1.25 bits per heavy atom. The van der Waals surface area contributed by atoms with E-state index >= 15 is 0 Å². The van der Waals surface area contributed by atoms with Crippen LogP contribution < -0.4 is 0 Å². The Hall–Kier alpha value is -8.53. The molecule has 0 amide bonds. The Morgan fingerprint density at radius 1 is 0.250 bits per heavy atom. The summed E-state index contributed by atoms with van der Waals surface area (Å²) in [7, 11) is 0. The van der Waals surface area contributed by atoms with Crippen LogP contribution in [0.5, 0.6) is 0 Å². The number of benzene rings is 9. The van der Waals surface area contributed by atoms with Crippen LogP contribution in [-0.2, 0) is 0 Å². The van der Waals surface area contributed by atoms with Crippen LogP contribution in [0.25, 0.3) is 121 Å². The van der Waals surface area contributed by atoms with Crippen LogP contribution in [0.4, 0.5) is 0 Å². The Labute approximate surface area is 371 Å². The fraction of sp³-hybridized carbons (Fsp3) is 0. The fourth-order valence-electron chi connectivity index (χ4n) is 9.49. The molecule has 0 aliphatic heterocycles. The minimum absolute atomic E-state index is 0.671. The van der Waals surface area contributed by atoms with Gasteiger partial charge in [0.1, 0.15) is 0 Å². The van der Waals surface area contributed by atoms with Gasteiger partial charge in [0.25, 0.3) is 0 Å². The van der Waals surface area contributed by atoms with Gasteiger partial charge in [-0.2, -0.15) is 0 Å². The van der Waals surface area contributed by atoms with E-state index in [4.69, 9.17) is 9.97 Å². The van der Waals surface area contributed by atoms with Crippen molar-refractivity contribution in [1.29, 1.82) is 0 Å². The lowest BCUT2D eigenvalue weighted by atomic mass is 9.93. The van der Waals surface area contributed by atoms with Crippen molar-refractivity contribution in [2.75, 3.05) is 0 Å². The topological polar surface area (TPSA) is 38.7 Å². The van der Waals surface area contributed by atoms with Crippen LogP contribution in [0, 0.1) is 0 Å². The lowest BCUT2D eigenvalue weighted by Gasteiger charge is -2.13. The molecule has 0 unspecified atom stereocenters. The number of fused-ring (bicyclic) bond motifs is 11. The Balaban J connectivity index is 1.10. The van der Waals surface area contributed by atoms with Gasteiger partial charge in [0.2, 0.25) is 0 Å². The van der Waals surface area contributed by atoms with Gasteiger partial charge in [-0.05, 0) is 105 Å². The molecule has 64 heavy (non-hydrogen) atoms. The number of hydrogen-bond donors (Lipinski definition) is 0. The largest absolute Gasteiger partial charge is 0.264 e. The standard InChI is InChI=1S/C61H39N3/c1-2-16-47-41(13-1)14-11-25-48(47)42-28-32-44(33-29-42)61-63-59(43-30-26-40(27-31-43)46-15-12-36-62-39-46)38-60(64-61)45-34-35-57-55-23-8-7-21-53(55)51-19-4-3-17-49(51)50-18-5-6-20-52(50)54-22-9-10-24-56(54)58(57)37-45/h1-39H. The third-order valence-electron chi connectivity index (χ3n) is 12.6. The molecule has 3 nitrogen and oxygen atoms in total. The van der Waals surface area contributed by atoms with Crippen LogP contribution in [0.15, 0.2) is 237 Å². The van der Waals surface area contributed by atoms with Gasteiger partial charge in [-0.15, -0.1) is 0 Å². The zero-order valence-electron chi connectivity index (χ0n) is 34.9. The molecule has 0 spiro atoms. The van der Waals surface area contributed by atoms with Crippen LogP contribution >= 0.6 is 0 Å². The maximum absolute atomic E-state index is 5.39. The first-order chi connectivity index (χ1) is 31.7. The summed E-state index contributed by atoms with van der Waals surface area (Å²) in [5.74, 6) is 0.671. The van der Waals surface area contributed by atoms with E-state index < -0.39 is 0 Å². The van der Waals surface area contributed by atoms with Crippen molar-refractivity contribution in [2.24, 2.45) is 0 Å². The maximum atomic E-state index is 5.39. The highest BCUT2D eigenvalue weighted by atomic mass is 14.9. The van der Waals surface area contributed by atoms with Gasteiger partial charge in [0.05, 0.1) is 11.4 Å². The fourth-order valence-corrected chi connectivity index (χ4v) is 9.49. The molecule has 2 heterocycles. The molecule has 298 valence electrons. The van der Waals surface area contributed by atoms with Gasteiger partial charge in [0, 0.05) is 29.1 Å². The molecule has 0 N–H and O–H groups in total. The first-order valence-corrected chi connectivity index (χ1v) is 21.7. The van der Waals surface area contributed by atoms with E-state index in [2.05, 4.69) is 223 Å². The van der Waals surface area contributed by atoms with Crippen LogP contribution in [0.3, 0.4) is 0 Å². The van der Waals surface area contributed by atoms with Crippen molar-refractivity contribution in [3.8, 4) is 56.2 Å². The molecular weight excluding hydrogens is 775 g/mol. The first kappa shape index (κ1) is 37.2. The van der Waals surface area contributed by atoms with Gasteiger partial charge >= 0.3 is 0 Å². The van der Waals surface area contributed by atoms with Crippen molar-refractivity contribution in [3.05, 3.63) is 237 Å². The lowest BCUT2D eigenvalue weighted by Crippen LogP contribution is -1.96. The monoisotopic (exact) mass is 813 g/mol. The third-order valence-corrected chi connectivity index (χ3v) is 12.6. The molecule has 0 saturated heterocycles. The van der Waals surface area contributed by atoms with Gasteiger partial charge < -0.3 is 0 Å². The summed E-state index contributed by atoms with van der Waals surface area (Å²) in [6.45, 7) is 0. The van der Waals surface area contributed by atoms with Crippen LogP contribution in [0.1, 0.15) is 0 Å². The molecule has 0 saturated carbocycles. The second-order valence-electron chi connectivity index (χ2n) is 16.3. The van der Waals surface area contributed by atoms with Crippen LogP contribution in [0.2, 0.25) is 0 Å². The van der Waals surface area contributed by atoms with Crippen LogP contribution in [-0.4, -0.2) is 15.0 Å². The minimum atomic E-state index is 0.671. The predicted octanol–water partition coefficient (Wildman–Crippen LogP) is 16.3. The van der Waals surface area contributed by atoms with E-state index in [-0.39, 0.29) is 0 Å². The molecule has 0 aliphatic carbocycles. The van der Waals surface area contributed by atoms with Gasteiger partial charge in [-0.1, -0.05) is 206 Å². The molecule has 0 aliphatic rings. The second-order valence-corrected chi connectivity index (χ2v) is 16.3. The smallest absolute Gasteiger partial charge is 0.160 e. The third kappa shape index (κ3) is 6.59. The van der Waals surface area contributed by atoms with E-state index in [0.717, 1.165) is 50.2 Å².